The van der Waals surface area contributed by atoms with Crippen molar-refractivity contribution in [1.29, 1.82) is 0 Å². The SMILES string of the molecule is CCC(C)N1C(=O)NC(=O)C(C(C)C)C1=O. The molecule has 4 amide bonds. The van der Waals surface area contributed by atoms with Crippen LogP contribution >= 0.6 is 0 Å². The summed E-state index contributed by atoms with van der Waals surface area (Å²) < 4.78 is 0. The van der Waals surface area contributed by atoms with Gasteiger partial charge >= 0.3 is 6.03 Å². The minimum Gasteiger partial charge on any atom is -0.277 e. The van der Waals surface area contributed by atoms with Crippen molar-refractivity contribution in [3.8, 4) is 0 Å². The molecule has 2 unspecified atom stereocenters. The van der Waals surface area contributed by atoms with E-state index in [1.807, 2.05) is 6.92 Å². The van der Waals surface area contributed by atoms with Crippen LogP contribution in [0.3, 0.4) is 0 Å². The zero-order valence-corrected chi connectivity index (χ0v) is 10.1. The Morgan fingerprint density at radius 3 is 2.25 bits per heavy atom. The average Bonchev–Trinajstić information content (AvgIpc) is 2.15. The van der Waals surface area contributed by atoms with Gasteiger partial charge in [0.2, 0.25) is 11.8 Å². The summed E-state index contributed by atoms with van der Waals surface area (Å²) in [5, 5.41) is 2.23. The Balaban J connectivity index is 2.99. The molecule has 0 radical (unpaired) electrons. The fraction of sp³-hybridized carbons (Fsp3) is 0.727. The van der Waals surface area contributed by atoms with E-state index in [4.69, 9.17) is 0 Å². The van der Waals surface area contributed by atoms with Crippen LogP contribution in [0.25, 0.3) is 0 Å². The average molecular weight is 226 g/mol. The molecule has 1 aliphatic rings. The van der Waals surface area contributed by atoms with Gasteiger partial charge in [0.1, 0.15) is 5.92 Å². The molecule has 0 spiro atoms. The number of carbonyl (C=O) groups excluding carboxylic acids is 3. The van der Waals surface area contributed by atoms with Crippen molar-refractivity contribution in [1.82, 2.24) is 10.2 Å². The second kappa shape index (κ2) is 4.63. The van der Waals surface area contributed by atoms with Gasteiger partial charge < -0.3 is 0 Å². The third-order valence-corrected chi connectivity index (χ3v) is 2.93. The number of rotatable bonds is 3. The van der Waals surface area contributed by atoms with Gasteiger partial charge in [-0.25, -0.2) is 4.79 Å². The number of nitrogens with one attached hydrogen (secondary N) is 1. The molecule has 1 heterocycles. The van der Waals surface area contributed by atoms with Gasteiger partial charge in [-0.2, -0.15) is 0 Å². The topological polar surface area (TPSA) is 66.5 Å². The molecule has 0 aromatic heterocycles. The standard InChI is InChI=1S/C11H18N2O3/c1-5-7(4)13-10(15)8(6(2)3)9(14)12-11(13)16/h6-8H,5H2,1-4H3,(H,12,14,16). The summed E-state index contributed by atoms with van der Waals surface area (Å²) in [5.74, 6) is -1.71. The molecular weight excluding hydrogens is 208 g/mol. The Morgan fingerprint density at radius 1 is 1.25 bits per heavy atom. The highest BCUT2D eigenvalue weighted by molar-refractivity contribution is 6.16. The van der Waals surface area contributed by atoms with Crippen molar-refractivity contribution >= 4 is 17.8 Å². The van der Waals surface area contributed by atoms with Crippen LogP contribution in [-0.2, 0) is 9.59 Å². The monoisotopic (exact) mass is 226 g/mol. The first-order chi connectivity index (χ1) is 7.40. The molecule has 1 fully saturated rings. The Morgan fingerprint density at radius 2 is 1.81 bits per heavy atom. The van der Waals surface area contributed by atoms with Gasteiger partial charge in [0.05, 0.1) is 0 Å². The van der Waals surface area contributed by atoms with E-state index in [1.54, 1.807) is 20.8 Å². The number of nitrogens with zero attached hydrogens (tertiary/aromatic N) is 1. The largest absolute Gasteiger partial charge is 0.331 e. The van der Waals surface area contributed by atoms with Crippen LogP contribution in [0.5, 0.6) is 0 Å². The summed E-state index contributed by atoms with van der Waals surface area (Å²) in [6, 6.07) is -0.775. The Kier molecular flexibility index (Phi) is 3.67. The lowest BCUT2D eigenvalue weighted by Gasteiger charge is -2.35. The van der Waals surface area contributed by atoms with Crippen LogP contribution in [0.15, 0.2) is 0 Å². The summed E-state index contributed by atoms with van der Waals surface area (Å²) in [7, 11) is 0. The van der Waals surface area contributed by atoms with Crippen molar-refractivity contribution < 1.29 is 14.4 Å². The van der Waals surface area contributed by atoms with Crippen molar-refractivity contribution in [3.63, 3.8) is 0 Å². The molecular formula is C11H18N2O3. The summed E-state index contributed by atoms with van der Waals surface area (Å²) in [5.41, 5.74) is 0. The first-order valence-corrected chi connectivity index (χ1v) is 5.58. The van der Waals surface area contributed by atoms with Gasteiger partial charge in [-0.3, -0.25) is 19.8 Å². The molecule has 0 aromatic carbocycles. The number of urea groups is 1. The van der Waals surface area contributed by atoms with E-state index in [-0.39, 0.29) is 17.9 Å². The van der Waals surface area contributed by atoms with Crippen LogP contribution < -0.4 is 5.32 Å². The maximum Gasteiger partial charge on any atom is 0.331 e. The fourth-order valence-corrected chi connectivity index (χ4v) is 1.79. The lowest BCUT2D eigenvalue weighted by molar-refractivity contribution is -0.145. The summed E-state index contributed by atoms with van der Waals surface area (Å²) in [6.07, 6.45) is 0.679. The van der Waals surface area contributed by atoms with Gasteiger partial charge in [0.15, 0.2) is 0 Å². The van der Waals surface area contributed by atoms with Gasteiger partial charge in [0.25, 0.3) is 0 Å². The van der Waals surface area contributed by atoms with E-state index >= 15 is 0 Å². The van der Waals surface area contributed by atoms with Crippen molar-refractivity contribution in [2.45, 2.75) is 40.2 Å². The highest BCUT2D eigenvalue weighted by Crippen LogP contribution is 2.21. The summed E-state index contributed by atoms with van der Waals surface area (Å²) in [6.45, 7) is 7.29. The zero-order chi connectivity index (χ0) is 12.5. The predicted molar refractivity (Wildman–Crippen MR) is 58.5 cm³/mol. The van der Waals surface area contributed by atoms with E-state index in [9.17, 15) is 14.4 Å². The van der Waals surface area contributed by atoms with Crippen LogP contribution in [0.1, 0.15) is 34.1 Å². The smallest absolute Gasteiger partial charge is 0.277 e. The van der Waals surface area contributed by atoms with Crippen molar-refractivity contribution in [2.24, 2.45) is 11.8 Å². The lowest BCUT2D eigenvalue weighted by Crippen LogP contribution is -2.61. The third kappa shape index (κ3) is 2.08. The van der Waals surface area contributed by atoms with E-state index in [0.717, 1.165) is 4.90 Å². The molecule has 0 aromatic rings. The van der Waals surface area contributed by atoms with Crippen molar-refractivity contribution in [2.75, 3.05) is 0 Å². The molecule has 1 saturated heterocycles. The fourth-order valence-electron chi connectivity index (χ4n) is 1.79. The zero-order valence-electron chi connectivity index (χ0n) is 10.1. The molecule has 0 saturated carbocycles. The molecule has 5 heteroatoms. The van der Waals surface area contributed by atoms with Crippen molar-refractivity contribution in [3.05, 3.63) is 0 Å². The van der Waals surface area contributed by atoms with Crippen LogP contribution in [0.2, 0.25) is 0 Å². The molecule has 1 rings (SSSR count). The van der Waals surface area contributed by atoms with Crippen LogP contribution in [0.4, 0.5) is 4.79 Å². The second-order valence-corrected chi connectivity index (χ2v) is 4.48. The van der Waals surface area contributed by atoms with Gasteiger partial charge in [0, 0.05) is 6.04 Å². The minimum atomic E-state index is -0.744. The maximum absolute atomic E-state index is 12.0. The Bertz CT molecular complexity index is 325. The highest BCUT2D eigenvalue weighted by Gasteiger charge is 2.43. The molecule has 16 heavy (non-hydrogen) atoms. The maximum atomic E-state index is 12.0. The number of hydrogen-bond acceptors (Lipinski definition) is 3. The molecule has 90 valence electrons. The van der Waals surface area contributed by atoms with E-state index in [2.05, 4.69) is 5.32 Å². The quantitative estimate of drug-likeness (QED) is 0.734. The van der Waals surface area contributed by atoms with Crippen LogP contribution in [-0.4, -0.2) is 28.8 Å². The first-order valence-electron chi connectivity index (χ1n) is 5.58. The summed E-state index contributed by atoms with van der Waals surface area (Å²) in [4.78, 5) is 36.3. The van der Waals surface area contributed by atoms with E-state index < -0.39 is 17.9 Å². The number of amides is 4. The van der Waals surface area contributed by atoms with E-state index in [1.165, 1.54) is 0 Å². The number of carbonyl (C=O) groups is 3. The van der Waals surface area contributed by atoms with Crippen LogP contribution in [0, 0.1) is 11.8 Å². The van der Waals surface area contributed by atoms with Gasteiger partial charge in [-0.15, -0.1) is 0 Å². The Labute approximate surface area is 95.2 Å². The second-order valence-electron chi connectivity index (χ2n) is 4.48. The summed E-state index contributed by atoms with van der Waals surface area (Å²) >= 11 is 0. The molecule has 0 bridgehead atoms. The van der Waals surface area contributed by atoms with Gasteiger partial charge in [-0.1, -0.05) is 20.8 Å². The minimum absolute atomic E-state index is 0.104. The normalized spacial score (nSPS) is 23.7. The first kappa shape index (κ1) is 12.7. The highest BCUT2D eigenvalue weighted by atomic mass is 16.2. The number of barbiturate groups is 1. The number of hydrogen-bond donors (Lipinski definition) is 1. The third-order valence-electron chi connectivity index (χ3n) is 2.93. The van der Waals surface area contributed by atoms with Gasteiger partial charge in [-0.05, 0) is 19.3 Å². The molecule has 0 aliphatic carbocycles. The molecule has 2 atom stereocenters. The predicted octanol–water partition coefficient (Wildman–Crippen LogP) is 1.14. The molecule has 5 nitrogen and oxygen atoms in total. The molecule has 1 N–H and O–H groups in total. The Hall–Kier alpha value is -1.39. The number of imide groups is 2. The molecule has 1 aliphatic heterocycles. The lowest BCUT2D eigenvalue weighted by atomic mass is 9.91. The van der Waals surface area contributed by atoms with E-state index in [0.29, 0.717) is 6.42 Å².